The van der Waals surface area contributed by atoms with Crippen LogP contribution in [0.25, 0.3) is 0 Å². The highest BCUT2D eigenvalue weighted by molar-refractivity contribution is 5.90. The molecule has 1 N–H and O–H groups in total. The van der Waals surface area contributed by atoms with Crippen molar-refractivity contribution in [2.75, 3.05) is 6.54 Å². The van der Waals surface area contributed by atoms with Crippen molar-refractivity contribution >= 4 is 5.71 Å². The minimum atomic E-state index is -0.349. The maximum Gasteiger partial charge on any atom is 0.0891 e. The van der Waals surface area contributed by atoms with Gasteiger partial charge in [-0.2, -0.15) is 0 Å². The van der Waals surface area contributed by atoms with Gasteiger partial charge >= 0.3 is 0 Å². The molecule has 1 atom stereocenters. The van der Waals surface area contributed by atoms with Crippen LogP contribution in [0.4, 0.5) is 0 Å². The first-order chi connectivity index (χ1) is 6.75. The van der Waals surface area contributed by atoms with E-state index in [0.29, 0.717) is 5.92 Å². The van der Waals surface area contributed by atoms with Gasteiger partial charge in [0, 0.05) is 12.3 Å². The summed E-state index contributed by atoms with van der Waals surface area (Å²) in [5.74, 6) is 0.553. The predicted molar refractivity (Wildman–Crippen MR) is 60.8 cm³/mol. The third-order valence-corrected chi connectivity index (χ3v) is 3.04. The van der Waals surface area contributed by atoms with Crippen molar-refractivity contribution in [3.05, 3.63) is 0 Å². The molecule has 1 saturated carbocycles. The summed E-state index contributed by atoms with van der Waals surface area (Å²) in [6.45, 7) is 4.69. The first-order valence-electron chi connectivity index (χ1n) is 5.98. The topological polar surface area (TPSA) is 32.6 Å². The van der Waals surface area contributed by atoms with Crippen LogP contribution in [-0.4, -0.2) is 23.5 Å². The lowest BCUT2D eigenvalue weighted by Crippen LogP contribution is -2.26. The van der Waals surface area contributed by atoms with Gasteiger partial charge in [-0.3, -0.25) is 4.99 Å². The second-order valence-corrected chi connectivity index (χ2v) is 4.26. The largest absolute Gasteiger partial charge is 0.387 e. The highest BCUT2D eigenvalue weighted by Crippen LogP contribution is 2.25. The molecular weight excluding hydrogens is 174 g/mol. The molecule has 14 heavy (non-hydrogen) atoms. The van der Waals surface area contributed by atoms with Crippen molar-refractivity contribution in [3.63, 3.8) is 0 Å². The first kappa shape index (κ1) is 11.7. The molecule has 1 aliphatic rings. The molecule has 1 aliphatic carbocycles. The van der Waals surface area contributed by atoms with E-state index in [1.54, 1.807) is 0 Å². The smallest absolute Gasteiger partial charge is 0.0891 e. The zero-order chi connectivity index (χ0) is 10.4. The lowest BCUT2D eigenvalue weighted by atomic mass is 9.92. The van der Waals surface area contributed by atoms with Crippen LogP contribution in [0.2, 0.25) is 0 Å². The van der Waals surface area contributed by atoms with Crippen LogP contribution in [0.3, 0.4) is 0 Å². The lowest BCUT2D eigenvalue weighted by Gasteiger charge is -2.19. The summed E-state index contributed by atoms with van der Waals surface area (Å²) in [6.07, 6.45) is 7.43. The average molecular weight is 197 g/mol. The molecule has 0 spiro atoms. The SMILES string of the molecule is CC/N=C(\C(C)O)C1CCCCCC1. The molecule has 0 heterocycles. The van der Waals surface area contributed by atoms with Crippen molar-refractivity contribution in [2.45, 2.75) is 58.5 Å². The van der Waals surface area contributed by atoms with Crippen LogP contribution >= 0.6 is 0 Å². The maximum absolute atomic E-state index is 9.66. The molecule has 0 radical (unpaired) electrons. The molecule has 1 unspecified atom stereocenters. The molecule has 1 rings (SSSR count). The molecule has 2 heteroatoms. The van der Waals surface area contributed by atoms with Gasteiger partial charge < -0.3 is 5.11 Å². The van der Waals surface area contributed by atoms with Gasteiger partial charge in [0.25, 0.3) is 0 Å². The van der Waals surface area contributed by atoms with E-state index in [1.807, 2.05) is 13.8 Å². The number of rotatable bonds is 3. The Morgan fingerprint density at radius 3 is 2.29 bits per heavy atom. The summed E-state index contributed by atoms with van der Waals surface area (Å²) in [5, 5.41) is 9.66. The van der Waals surface area contributed by atoms with Crippen LogP contribution < -0.4 is 0 Å². The normalized spacial score (nSPS) is 23.2. The van der Waals surface area contributed by atoms with Gasteiger partial charge in [-0.15, -0.1) is 0 Å². The molecule has 0 aliphatic heterocycles. The fourth-order valence-electron chi connectivity index (χ4n) is 2.36. The lowest BCUT2D eigenvalue weighted by molar-refractivity contribution is 0.252. The highest BCUT2D eigenvalue weighted by atomic mass is 16.3. The molecule has 0 saturated heterocycles. The van der Waals surface area contributed by atoms with E-state index in [1.165, 1.54) is 38.5 Å². The van der Waals surface area contributed by atoms with E-state index in [2.05, 4.69) is 4.99 Å². The molecule has 0 aromatic carbocycles. The van der Waals surface area contributed by atoms with Crippen molar-refractivity contribution < 1.29 is 5.11 Å². The third-order valence-electron chi connectivity index (χ3n) is 3.04. The Bertz CT molecular complexity index is 179. The Labute approximate surface area is 87.4 Å². The number of nitrogens with zero attached hydrogens (tertiary/aromatic N) is 1. The standard InChI is InChI=1S/C12H23NO/c1-3-13-12(10(2)14)11-8-6-4-5-7-9-11/h10-11,14H,3-9H2,1-2H3/b13-12+. The monoisotopic (exact) mass is 197 g/mol. The third kappa shape index (κ3) is 3.41. The Morgan fingerprint density at radius 1 is 1.29 bits per heavy atom. The molecule has 1 fully saturated rings. The van der Waals surface area contributed by atoms with E-state index in [4.69, 9.17) is 0 Å². The summed E-state index contributed by atoms with van der Waals surface area (Å²) in [7, 11) is 0. The quantitative estimate of drug-likeness (QED) is 0.547. The summed E-state index contributed by atoms with van der Waals surface area (Å²) >= 11 is 0. The van der Waals surface area contributed by atoms with E-state index >= 15 is 0 Å². The van der Waals surface area contributed by atoms with Gasteiger partial charge in [0.2, 0.25) is 0 Å². The van der Waals surface area contributed by atoms with Crippen molar-refractivity contribution in [1.29, 1.82) is 0 Å². The zero-order valence-electron chi connectivity index (χ0n) is 9.50. The van der Waals surface area contributed by atoms with Crippen molar-refractivity contribution in [3.8, 4) is 0 Å². The Balaban J connectivity index is 2.61. The van der Waals surface area contributed by atoms with Crippen molar-refractivity contribution in [2.24, 2.45) is 10.9 Å². The van der Waals surface area contributed by atoms with Crippen LogP contribution in [0.15, 0.2) is 4.99 Å². The minimum absolute atomic E-state index is 0.349. The first-order valence-corrected chi connectivity index (χ1v) is 5.98. The van der Waals surface area contributed by atoms with Crippen LogP contribution in [-0.2, 0) is 0 Å². The number of aliphatic imine (C=N–C) groups is 1. The number of aliphatic hydroxyl groups excluding tert-OH is 1. The molecule has 0 bridgehead atoms. The van der Waals surface area contributed by atoms with Crippen LogP contribution in [0.5, 0.6) is 0 Å². The molecule has 0 aromatic heterocycles. The van der Waals surface area contributed by atoms with Gasteiger partial charge in [0.15, 0.2) is 0 Å². The van der Waals surface area contributed by atoms with Gasteiger partial charge in [-0.1, -0.05) is 25.7 Å². The second kappa shape index (κ2) is 6.18. The minimum Gasteiger partial charge on any atom is -0.387 e. The Kier molecular flexibility index (Phi) is 5.16. The zero-order valence-corrected chi connectivity index (χ0v) is 9.50. The van der Waals surface area contributed by atoms with E-state index in [9.17, 15) is 5.11 Å². The summed E-state index contributed by atoms with van der Waals surface area (Å²) in [6, 6.07) is 0. The molecule has 0 amide bonds. The Morgan fingerprint density at radius 2 is 1.86 bits per heavy atom. The average Bonchev–Trinajstić information content (AvgIpc) is 2.41. The van der Waals surface area contributed by atoms with Gasteiger partial charge in [-0.25, -0.2) is 0 Å². The van der Waals surface area contributed by atoms with Gasteiger partial charge in [0.1, 0.15) is 0 Å². The maximum atomic E-state index is 9.66. The number of hydrogen-bond donors (Lipinski definition) is 1. The highest BCUT2D eigenvalue weighted by Gasteiger charge is 2.20. The van der Waals surface area contributed by atoms with E-state index < -0.39 is 0 Å². The Hall–Kier alpha value is -0.370. The fraction of sp³-hybridized carbons (Fsp3) is 0.917. The molecule has 82 valence electrons. The van der Waals surface area contributed by atoms with Crippen LogP contribution in [0, 0.1) is 5.92 Å². The molecule has 2 nitrogen and oxygen atoms in total. The predicted octanol–water partition coefficient (Wildman–Crippen LogP) is 2.80. The summed E-state index contributed by atoms with van der Waals surface area (Å²) < 4.78 is 0. The van der Waals surface area contributed by atoms with Gasteiger partial charge in [0.05, 0.1) is 6.10 Å². The van der Waals surface area contributed by atoms with E-state index in [0.717, 1.165) is 12.3 Å². The van der Waals surface area contributed by atoms with E-state index in [-0.39, 0.29) is 6.10 Å². The van der Waals surface area contributed by atoms with Crippen molar-refractivity contribution in [1.82, 2.24) is 0 Å². The number of hydrogen-bond acceptors (Lipinski definition) is 2. The number of aliphatic hydroxyl groups is 1. The second-order valence-electron chi connectivity index (χ2n) is 4.26. The van der Waals surface area contributed by atoms with Gasteiger partial charge in [-0.05, 0) is 32.6 Å². The molecular formula is C12H23NO. The fourth-order valence-corrected chi connectivity index (χ4v) is 2.36. The van der Waals surface area contributed by atoms with Crippen LogP contribution in [0.1, 0.15) is 52.4 Å². The summed E-state index contributed by atoms with van der Waals surface area (Å²) in [4.78, 5) is 4.46. The molecule has 0 aromatic rings. The summed E-state index contributed by atoms with van der Waals surface area (Å²) in [5.41, 5.74) is 1.05.